The van der Waals surface area contributed by atoms with E-state index in [2.05, 4.69) is 14.9 Å². The molecule has 0 spiro atoms. The van der Waals surface area contributed by atoms with Crippen LogP contribution in [0.2, 0.25) is 0 Å². The molecular formula is C19H27N5O2. The standard InChI is InChI=1S/C19H27N5O2/c1-23-16-7-3-2-6-15(16)22-18(23)10-11-21-19(26)24-12-4-5-14(13-24)8-9-17(20)25/h2-3,6-7,14H,4-5,8-13H2,1H3,(H2,20,25)(H,21,26). The summed E-state index contributed by atoms with van der Waals surface area (Å²) in [6, 6.07) is 7.99. The summed E-state index contributed by atoms with van der Waals surface area (Å²) >= 11 is 0. The van der Waals surface area contributed by atoms with Gasteiger partial charge in [0, 0.05) is 39.5 Å². The van der Waals surface area contributed by atoms with Gasteiger partial charge in [0.25, 0.3) is 0 Å². The molecule has 0 aliphatic carbocycles. The summed E-state index contributed by atoms with van der Waals surface area (Å²) in [5.74, 6) is 1.06. The number of piperidine rings is 1. The zero-order valence-electron chi connectivity index (χ0n) is 15.3. The van der Waals surface area contributed by atoms with Gasteiger partial charge in [-0.25, -0.2) is 9.78 Å². The zero-order chi connectivity index (χ0) is 18.5. The molecule has 26 heavy (non-hydrogen) atoms. The third kappa shape index (κ3) is 4.33. The van der Waals surface area contributed by atoms with Crippen LogP contribution in [-0.4, -0.2) is 46.0 Å². The van der Waals surface area contributed by atoms with Crippen LogP contribution in [0.15, 0.2) is 24.3 Å². The number of likely N-dealkylation sites (tertiary alicyclic amines) is 1. The summed E-state index contributed by atoms with van der Waals surface area (Å²) in [6.07, 6.45) is 3.88. The molecule has 0 saturated carbocycles. The fourth-order valence-corrected chi connectivity index (χ4v) is 3.64. The Labute approximate surface area is 153 Å². The largest absolute Gasteiger partial charge is 0.370 e. The number of aryl methyl sites for hydroxylation is 1. The van der Waals surface area contributed by atoms with Gasteiger partial charge in [-0.3, -0.25) is 4.79 Å². The third-order valence-corrected chi connectivity index (χ3v) is 5.11. The van der Waals surface area contributed by atoms with Gasteiger partial charge in [0.2, 0.25) is 5.91 Å². The number of carbonyl (C=O) groups excluding carboxylic acids is 2. The van der Waals surface area contributed by atoms with E-state index in [-0.39, 0.29) is 11.9 Å². The smallest absolute Gasteiger partial charge is 0.317 e. The molecule has 7 nitrogen and oxygen atoms in total. The van der Waals surface area contributed by atoms with E-state index in [1.807, 2.05) is 36.2 Å². The van der Waals surface area contributed by atoms with Gasteiger partial charge < -0.3 is 20.5 Å². The van der Waals surface area contributed by atoms with Crippen molar-refractivity contribution in [2.24, 2.45) is 18.7 Å². The number of nitrogens with one attached hydrogen (secondary N) is 1. The molecule has 2 aromatic rings. The van der Waals surface area contributed by atoms with Crippen LogP contribution in [-0.2, 0) is 18.3 Å². The summed E-state index contributed by atoms with van der Waals surface area (Å²) < 4.78 is 2.07. The van der Waals surface area contributed by atoms with Crippen LogP contribution in [0, 0.1) is 5.92 Å². The summed E-state index contributed by atoms with van der Waals surface area (Å²) in [4.78, 5) is 29.9. The Morgan fingerprint density at radius 3 is 2.92 bits per heavy atom. The molecule has 1 aromatic carbocycles. The third-order valence-electron chi connectivity index (χ3n) is 5.11. The van der Waals surface area contributed by atoms with E-state index >= 15 is 0 Å². The van der Waals surface area contributed by atoms with Gasteiger partial charge in [0.1, 0.15) is 5.82 Å². The first-order chi connectivity index (χ1) is 12.5. The van der Waals surface area contributed by atoms with Crippen LogP contribution in [0.4, 0.5) is 4.79 Å². The van der Waals surface area contributed by atoms with Crippen LogP contribution in [0.1, 0.15) is 31.5 Å². The summed E-state index contributed by atoms with van der Waals surface area (Å²) in [5.41, 5.74) is 7.30. The van der Waals surface area contributed by atoms with Crippen molar-refractivity contribution < 1.29 is 9.59 Å². The van der Waals surface area contributed by atoms with Crippen molar-refractivity contribution >= 4 is 23.0 Å². The lowest BCUT2D eigenvalue weighted by Gasteiger charge is -2.32. The fraction of sp³-hybridized carbons (Fsp3) is 0.526. The van der Waals surface area contributed by atoms with Crippen molar-refractivity contribution in [3.8, 4) is 0 Å². The number of hydrogen-bond donors (Lipinski definition) is 2. The minimum atomic E-state index is -0.269. The van der Waals surface area contributed by atoms with Crippen molar-refractivity contribution in [3.63, 3.8) is 0 Å². The molecule has 1 aliphatic rings. The number of para-hydroxylation sites is 2. The van der Waals surface area contributed by atoms with E-state index in [1.54, 1.807) is 0 Å². The molecule has 0 radical (unpaired) electrons. The zero-order valence-corrected chi connectivity index (χ0v) is 15.3. The normalized spacial score (nSPS) is 17.4. The summed E-state index contributed by atoms with van der Waals surface area (Å²) in [5, 5.41) is 3.00. The Bertz CT molecular complexity index is 785. The van der Waals surface area contributed by atoms with Crippen LogP contribution < -0.4 is 11.1 Å². The average molecular weight is 357 g/mol. The van der Waals surface area contributed by atoms with E-state index in [9.17, 15) is 9.59 Å². The van der Waals surface area contributed by atoms with E-state index in [4.69, 9.17) is 5.73 Å². The molecule has 1 aliphatic heterocycles. The maximum absolute atomic E-state index is 12.4. The number of nitrogens with zero attached hydrogens (tertiary/aromatic N) is 3. The molecule has 3 N–H and O–H groups in total. The molecular weight excluding hydrogens is 330 g/mol. The number of amides is 3. The maximum atomic E-state index is 12.4. The predicted molar refractivity (Wildman–Crippen MR) is 101 cm³/mol. The molecule has 0 bridgehead atoms. The van der Waals surface area contributed by atoms with Gasteiger partial charge in [-0.05, 0) is 37.3 Å². The first-order valence-electron chi connectivity index (χ1n) is 9.26. The second-order valence-electron chi connectivity index (χ2n) is 7.02. The number of aromatic nitrogens is 2. The lowest BCUT2D eigenvalue weighted by atomic mass is 9.93. The number of nitrogens with two attached hydrogens (primary N) is 1. The fourth-order valence-electron chi connectivity index (χ4n) is 3.64. The van der Waals surface area contributed by atoms with E-state index in [1.165, 1.54) is 0 Å². The molecule has 1 unspecified atom stereocenters. The second-order valence-corrected chi connectivity index (χ2v) is 7.02. The Hall–Kier alpha value is -2.57. The van der Waals surface area contributed by atoms with E-state index in [0.717, 1.165) is 42.7 Å². The lowest BCUT2D eigenvalue weighted by Crippen LogP contribution is -2.46. The number of hydrogen-bond acceptors (Lipinski definition) is 3. The van der Waals surface area contributed by atoms with Crippen molar-refractivity contribution in [2.45, 2.75) is 32.1 Å². The molecule has 1 atom stereocenters. The minimum Gasteiger partial charge on any atom is -0.370 e. The average Bonchev–Trinajstić information content (AvgIpc) is 2.96. The molecule has 1 fully saturated rings. The number of rotatable bonds is 6. The number of primary amides is 1. The molecule has 1 aromatic heterocycles. The monoisotopic (exact) mass is 357 g/mol. The van der Waals surface area contributed by atoms with Gasteiger partial charge in [-0.15, -0.1) is 0 Å². The number of imidazole rings is 1. The van der Waals surface area contributed by atoms with Crippen LogP contribution in [0.3, 0.4) is 0 Å². The van der Waals surface area contributed by atoms with Crippen molar-refractivity contribution in [1.29, 1.82) is 0 Å². The Morgan fingerprint density at radius 1 is 1.35 bits per heavy atom. The second kappa shape index (κ2) is 8.21. The highest BCUT2D eigenvalue weighted by molar-refractivity contribution is 5.76. The van der Waals surface area contributed by atoms with E-state index < -0.39 is 0 Å². The Morgan fingerprint density at radius 2 is 2.15 bits per heavy atom. The van der Waals surface area contributed by atoms with Gasteiger partial charge >= 0.3 is 6.03 Å². The van der Waals surface area contributed by atoms with Gasteiger partial charge in [-0.2, -0.15) is 0 Å². The highest BCUT2D eigenvalue weighted by Crippen LogP contribution is 2.21. The van der Waals surface area contributed by atoms with Gasteiger partial charge in [0.15, 0.2) is 0 Å². The van der Waals surface area contributed by atoms with Crippen molar-refractivity contribution in [3.05, 3.63) is 30.1 Å². The minimum absolute atomic E-state index is 0.0347. The number of urea groups is 1. The molecule has 3 amide bonds. The molecule has 3 rings (SSSR count). The number of fused-ring (bicyclic) bond motifs is 1. The molecule has 2 heterocycles. The van der Waals surface area contributed by atoms with Crippen LogP contribution >= 0.6 is 0 Å². The molecule has 1 saturated heterocycles. The first kappa shape index (κ1) is 18.2. The van der Waals surface area contributed by atoms with E-state index in [0.29, 0.717) is 31.8 Å². The molecule has 140 valence electrons. The van der Waals surface area contributed by atoms with Gasteiger partial charge in [-0.1, -0.05) is 12.1 Å². The predicted octanol–water partition coefficient (Wildman–Crippen LogP) is 1.80. The Kier molecular flexibility index (Phi) is 5.75. The first-order valence-corrected chi connectivity index (χ1v) is 9.26. The number of benzene rings is 1. The topological polar surface area (TPSA) is 93.3 Å². The highest BCUT2D eigenvalue weighted by atomic mass is 16.2. The maximum Gasteiger partial charge on any atom is 0.317 e. The van der Waals surface area contributed by atoms with Crippen LogP contribution in [0.5, 0.6) is 0 Å². The number of carbonyl (C=O) groups is 2. The summed E-state index contributed by atoms with van der Waals surface area (Å²) in [6.45, 7) is 2.02. The van der Waals surface area contributed by atoms with Crippen molar-refractivity contribution in [1.82, 2.24) is 19.8 Å². The van der Waals surface area contributed by atoms with Crippen LogP contribution in [0.25, 0.3) is 11.0 Å². The Balaban J connectivity index is 1.48. The highest BCUT2D eigenvalue weighted by Gasteiger charge is 2.23. The van der Waals surface area contributed by atoms with Crippen molar-refractivity contribution in [2.75, 3.05) is 19.6 Å². The quantitative estimate of drug-likeness (QED) is 0.825. The lowest BCUT2D eigenvalue weighted by molar-refractivity contribution is -0.118. The SMILES string of the molecule is Cn1c(CCNC(=O)N2CCCC(CCC(N)=O)C2)nc2ccccc21. The summed E-state index contributed by atoms with van der Waals surface area (Å²) in [7, 11) is 2.00. The van der Waals surface area contributed by atoms with Gasteiger partial charge in [0.05, 0.1) is 11.0 Å². The molecule has 7 heteroatoms.